The third-order valence-electron chi connectivity index (χ3n) is 2.63. The zero-order valence-corrected chi connectivity index (χ0v) is 10.6. The van der Waals surface area contributed by atoms with Crippen LogP contribution in [0, 0.1) is 0 Å². The van der Waals surface area contributed by atoms with Gasteiger partial charge in [-0.3, -0.25) is 15.1 Å². The zero-order valence-electron chi connectivity index (χ0n) is 10.6. The van der Waals surface area contributed by atoms with Crippen LogP contribution in [0.3, 0.4) is 0 Å². The van der Waals surface area contributed by atoms with Crippen LogP contribution in [0.25, 0.3) is 0 Å². The summed E-state index contributed by atoms with van der Waals surface area (Å²) in [7, 11) is 3.16. The van der Waals surface area contributed by atoms with E-state index in [1.54, 1.807) is 31.1 Å². The molecule has 1 heterocycles. The molecule has 18 heavy (non-hydrogen) atoms. The highest BCUT2D eigenvalue weighted by Crippen LogP contribution is 2.21. The Labute approximate surface area is 105 Å². The average molecular weight is 251 g/mol. The smallest absolute Gasteiger partial charge is 0.321 e. The number of hydrogen-bond donors (Lipinski definition) is 3. The predicted octanol–water partition coefficient (Wildman–Crippen LogP) is -0.0559. The number of imide groups is 1. The number of urea groups is 1. The minimum absolute atomic E-state index is 0.409. The second-order valence-electron chi connectivity index (χ2n) is 3.79. The van der Waals surface area contributed by atoms with Gasteiger partial charge >= 0.3 is 6.03 Å². The summed E-state index contributed by atoms with van der Waals surface area (Å²) in [6.07, 6.45) is 3.10. The van der Waals surface area contributed by atoms with E-state index in [2.05, 4.69) is 15.6 Å². The lowest BCUT2D eigenvalue weighted by Gasteiger charge is -2.26. The van der Waals surface area contributed by atoms with Crippen LogP contribution in [-0.4, -0.2) is 37.1 Å². The number of carbonyl (C=O) groups is 2. The summed E-state index contributed by atoms with van der Waals surface area (Å²) in [5.74, 6) is -0.409. The maximum Gasteiger partial charge on any atom is 0.321 e. The van der Waals surface area contributed by atoms with E-state index in [0.29, 0.717) is 11.4 Å². The highest BCUT2D eigenvalue weighted by Gasteiger charge is 2.21. The average Bonchev–Trinajstić information content (AvgIpc) is 2.37. The Hall–Kier alpha value is -2.31. The van der Waals surface area contributed by atoms with E-state index in [4.69, 9.17) is 5.73 Å². The maximum atomic E-state index is 11.8. The monoisotopic (exact) mass is 251 g/mol. The molecular weight excluding hydrogens is 234 g/mol. The molecule has 0 aromatic carbocycles. The molecular formula is C11H17N5O2. The van der Waals surface area contributed by atoms with Gasteiger partial charge in [-0.15, -0.1) is 0 Å². The molecule has 98 valence electrons. The lowest BCUT2D eigenvalue weighted by molar-refractivity contribution is -0.120. The zero-order chi connectivity index (χ0) is 13.7. The molecule has 0 radical (unpaired) electrons. The molecule has 7 heteroatoms. The summed E-state index contributed by atoms with van der Waals surface area (Å²) in [5.41, 5.74) is 6.93. The van der Waals surface area contributed by atoms with Crippen LogP contribution in [0.2, 0.25) is 0 Å². The number of likely N-dealkylation sites (N-methyl/N-ethyl adjacent to an activating group) is 1. The minimum Gasteiger partial charge on any atom is -0.396 e. The van der Waals surface area contributed by atoms with Crippen molar-refractivity contribution in [1.29, 1.82) is 0 Å². The van der Waals surface area contributed by atoms with Crippen molar-refractivity contribution in [2.24, 2.45) is 0 Å². The van der Waals surface area contributed by atoms with Gasteiger partial charge in [-0.1, -0.05) is 0 Å². The number of amides is 3. The molecule has 0 bridgehead atoms. The van der Waals surface area contributed by atoms with Gasteiger partial charge in [0, 0.05) is 20.3 Å². The topological polar surface area (TPSA) is 100 Å². The number of nitrogens with one attached hydrogen (secondary N) is 2. The van der Waals surface area contributed by atoms with Crippen molar-refractivity contribution in [1.82, 2.24) is 15.6 Å². The first-order chi connectivity index (χ1) is 8.47. The van der Waals surface area contributed by atoms with Crippen molar-refractivity contribution >= 4 is 23.3 Å². The molecule has 0 saturated carbocycles. The van der Waals surface area contributed by atoms with Crippen molar-refractivity contribution in [2.45, 2.75) is 13.0 Å². The van der Waals surface area contributed by atoms with E-state index in [0.717, 1.165) is 0 Å². The number of anilines is 2. The van der Waals surface area contributed by atoms with Crippen molar-refractivity contribution in [3.8, 4) is 0 Å². The van der Waals surface area contributed by atoms with Gasteiger partial charge in [0.1, 0.15) is 6.04 Å². The number of aromatic nitrogens is 1. The maximum absolute atomic E-state index is 11.8. The number of carbonyl (C=O) groups excluding carboxylic acids is 2. The molecule has 1 atom stereocenters. The van der Waals surface area contributed by atoms with Crippen LogP contribution in [0.5, 0.6) is 0 Å². The van der Waals surface area contributed by atoms with E-state index in [1.807, 2.05) is 0 Å². The molecule has 4 N–H and O–H groups in total. The summed E-state index contributed by atoms with van der Waals surface area (Å²) in [6, 6.07) is 0.633. The van der Waals surface area contributed by atoms with Gasteiger partial charge < -0.3 is 16.0 Å². The molecule has 1 aromatic rings. The van der Waals surface area contributed by atoms with E-state index < -0.39 is 18.0 Å². The highest BCUT2D eigenvalue weighted by molar-refractivity contribution is 5.98. The molecule has 0 saturated heterocycles. The van der Waals surface area contributed by atoms with Crippen molar-refractivity contribution < 1.29 is 9.59 Å². The third kappa shape index (κ3) is 3.09. The minimum atomic E-state index is -0.539. The Bertz CT molecular complexity index is 449. The fourth-order valence-electron chi connectivity index (χ4n) is 1.38. The first-order valence-electron chi connectivity index (χ1n) is 5.42. The van der Waals surface area contributed by atoms with Gasteiger partial charge in [0.2, 0.25) is 5.91 Å². The second kappa shape index (κ2) is 5.85. The molecule has 1 aromatic heterocycles. The van der Waals surface area contributed by atoms with Crippen LogP contribution in [0.1, 0.15) is 6.92 Å². The molecule has 0 aliphatic heterocycles. The Kier molecular flexibility index (Phi) is 4.47. The van der Waals surface area contributed by atoms with Crippen LogP contribution >= 0.6 is 0 Å². The molecule has 1 rings (SSSR count). The fourth-order valence-corrected chi connectivity index (χ4v) is 1.38. The Morgan fingerprint density at radius 1 is 1.50 bits per heavy atom. The van der Waals surface area contributed by atoms with Gasteiger partial charge in [-0.05, 0) is 13.0 Å². The van der Waals surface area contributed by atoms with Gasteiger partial charge in [0.05, 0.1) is 17.6 Å². The summed E-state index contributed by atoms with van der Waals surface area (Å²) >= 11 is 0. The standard InChI is InChI=1S/C11H17N5O2/c1-7(10(17)15-11(18)13-2)16(3)9-4-5-14-6-8(9)12/h4-7H,12H2,1-3H3,(H2,13,15,17,18). The molecule has 0 spiro atoms. The molecule has 0 fully saturated rings. The number of hydrogen-bond acceptors (Lipinski definition) is 5. The van der Waals surface area contributed by atoms with Gasteiger partial charge in [0.25, 0.3) is 0 Å². The van der Waals surface area contributed by atoms with Gasteiger partial charge in [0.15, 0.2) is 0 Å². The Morgan fingerprint density at radius 2 is 2.17 bits per heavy atom. The fraction of sp³-hybridized carbons (Fsp3) is 0.364. The molecule has 1 unspecified atom stereocenters. The van der Waals surface area contributed by atoms with E-state index in [9.17, 15) is 9.59 Å². The summed E-state index contributed by atoms with van der Waals surface area (Å²) in [4.78, 5) is 28.4. The first kappa shape index (κ1) is 13.8. The van der Waals surface area contributed by atoms with Crippen LogP contribution < -0.4 is 21.3 Å². The molecule has 0 aliphatic rings. The lowest BCUT2D eigenvalue weighted by Crippen LogP contribution is -2.48. The number of rotatable bonds is 3. The second-order valence-corrected chi connectivity index (χ2v) is 3.79. The Balaban J connectivity index is 2.78. The Morgan fingerprint density at radius 3 is 2.72 bits per heavy atom. The summed E-state index contributed by atoms with van der Waals surface area (Å²) in [5, 5.41) is 4.53. The van der Waals surface area contributed by atoms with Crippen molar-refractivity contribution in [3.63, 3.8) is 0 Å². The van der Waals surface area contributed by atoms with Gasteiger partial charge in [-0.25, -0.2) is 4.79 Å². The van der Waals surface area contributed by atoms with E-state index in [1.165, 1.54) is 13.2 Å². The van der Waals surface area contributed by atoms with Crippen molar-refractivity contribution in [2.75, 3.05) is 24.7 Å². The first-order valence-corrected chi connectivity index (χ1v) is 5.42. The van der Waals surface area contributed by atoms with Crippen LogP contribution in [-0.2, 0) is 4.79 Å². The van der Waals surface area contributed by atoms with Crippen LogP contribution in [0.4, 0.5) is 16.2 Å². The SMILES string of the molecule is CNC(=O)NC(=O)C(C)N(C)c1ccncc1N. The number of pyridine rings is 1. The summed E-state index contributed by atoms with van der Waals surface area (Å²) < 4.78 is 0. The lowest BCUT2D eigenvalue weighted by atomic mass is 10.2. The summed E-state index contributed by atoms with van der Waals surface area (Å²) in [6.45, 7) is 1.68. The molecule has 0 aliphatic carbocycles. The third-order valence-corrected chi connectivity index (χ3v) is 2.63. The highest BCUT2D eigenvalue weighted by atomic mass is 16.2. The van der Waals surface area contributed by atoms with Crippen LogP contribution in [0.15, 0.2) is 18.5 Å². The molecule has 3 amide bonds. The number of nitrogens with two attached hydrogens (primary N) is 1. The van der Waals surface area contributed by atoms with Crippen molar-refractivity contribution in [3.05, 3.63) is 18.5 Å². The number of nitrogens with zero attached hydrogens (tertiary/aromatic N) is 2. The van der Waals surface area contributed by atoms with E-state index in [-0.39, 0.29) is 0 Å². The van der Waals surface area contributed by atoms with E-state index >= 15 is 0 Å². The normalized spacial score (nSPS) is 11.5. The molecule has 7 nitrogen and oxygen atoms in total. The largest absolute Gasteiger partial charge is 0.396 e. The quantitative estimate of drug-likeness (QED) is 0.699. The number of nitrogen functional groups attached to an aromatic ring is 1. The predicted molar refractivity (Wildman–Crippen MR) is 69.1 cm³/mol. The van der Waals surface area contributed by atoms with Gasteiger partial charge in [-0.2, -0.15) is 0 Å².